The van der Waals surface area contributed by atoms with Crippen molar-refractivity contribution in [2.45, 2.75) is 31.7 Å². The Kier molecular flexibility index (Phi) is 2.44. The van der Waals surface area contributed by atoms with E-state index in [4.69, 9.17) is 10.3 Å². The van der Waals surface area contributed by atoms with E-state index in [-0.39, 0.29) is 12.0 Å². The largest absolute Gasteiger partial charge is 0.369 e. The van der Waals surface area contributed by atoms with Gasteiger partial charge in [0, 0.05) is 5.41 Å². The first kappa shape index (κ1) is 10.1. The highest BCUT2D eigenvalue weighted by Crippen LogP contribution is 2.45. The lowest BCUT2D eigenvalue weighted by atomic mass is 10.1. The molecule has 3 N–H and O–H groups in total. The molecule has 1 saturated carbocycles. The summed E-state index contributed by atoms with van der Waals surface area (Å²) in [6.07, 6.45) is 2.22. The summed E-state index contributed by atoms with van der Waals surface area (Å²) >= 11 is 0. The molecule has 82 valence electrons. The minimum absolute atomic E-state index is 0.117. The Labute approximate surface area is 87.2 Å². The van der Waals surface area contributed by atoms with E-state index in [9.17, 15) is 4.79 Å². The Bertz CT molecular complexity index is 370. The first-order valence-electron chi connectivity index (χ1n) is 4.92. The van der Waals surface area contributed by atoms with Crippen LogP contribution in [-0.2, 0) is 16.8 Å². The van der Waals surface area contributed by atoms with Gasteiger partial charge in [-0.15, -0.1) is 0 Å². The zero-order valence-electron chi connectivity index (χ0n) is 8.62. The number of carbonyl (C=O) groups is 1. The Morgan fingerprint density at radius 2 is 2.40 bits per heavy atom. The monoisotopic (exact) mass is 210 g/mol. The average molecular weight is 210 g/mol. The second-order valence-corrected chi connectivity index (χ2v) is 4.14. The molecule has 0 atom stereocenters. The van der Waals surface area contributed by atoms with Crippen LogP contribution in [0, 0.1) is 0 Å². The van der Waals surface area contributed by atoms with Crippen molar-refractivity contribution in [2.75, 3.05) is 6.54 Å². The SMILES string of the molecule is CC1(c2noc(CNCC(N)=O)n2)CC1. The molecule has 0 radical (unpaired) electrons. The summed E-state index contributed by atoms with van der Waals surface area (Å²) in [4.78, 5) is 14.7. The summed E-state index contributed by atoms with van der Waals surface area (Å²) in [5.41, 5.74) is 5.09. The summed E-state index contributed by atoms with van der Waals surface area (Å²) in [6, 6.07) is 0. The maximum Gasteiger partial charge on any atom is 0.240 e. The summed E-state index contributed by atoms with van der Waals surface area (Å²) in [6.45, 7) is 2.61. The number of carbonyl (C=O) groups excluding carboxylic acids is 1. The number of nitrogens with two attached hydrogens (primary N) is 1. The van der Waals surface area contributed by atoms with Crippen LogP contribution in [0.5, 0.6) is 0 Å². The van der Waals surface area contributed by atoms with E-state index >= 15 is 0 Å². The Morgan fingerprint density at radius 1 is 1.67 bits per heavy atom. The number of amides is 1. The minimum Gasteiger partial charge on any atom is -0.369 e. The van der Waals surface area contributed by atoms with Crippen LogP contribution in [0.2, 0.25) is 0 Å². The molecule has 0 aliphatic heterocycles. The normalized spacial score (nSPS) is 17.7. The van der Waals surface area contributed by atoms with E-state index in [2.05, 4.69) is 22.4 Å². The molecule has 0 saturated heterocycles. The van der Waals surface area contributed by atoms with Gasteiger partial charge in [0.15, 0.2) is 5.82 Å². The van der Waals surface area contributed by atoms with Gasteiger partial charge in [0.25, 0.3) is 0 Å². The Morgan fingerprint density at radius 3 is 3.00 bits per heavy atom. The zero-order chi connectivity index (χ0) is 10.9. The summed E-state index contributed by atoms with van der Waals surface area (Å²) in [7, 11) is 0. The van der Waals surface area contributed by atoms with Gasteiger partial charge in [0.1, 0.15) is 0 Å². The number of hydrogen-bond acceptors (Lipinski definition) is 5. The molecule has 6 heteroatoms. The fourth-order valence-corrected chi connectivity index (χ4v) is 1.28. The first-order valence-corrected chi connectivity index (χ1v) is 4.92. The molecule has 1 fully saturated rings. The maximum atomic E-state index is 10.5. The molecule has 1 aliphatic rings. The van der Waals surface area contributed by atoms with Crippen LogP contribution in [0.4, 0.5) is 0 Å². The highest BCUT2D eigenvalue weighted by Gasteiger charge is 2.43. The van der Waals surface area contributed by atoms with E-state index in [0.717, 1.165) is 18.7 Å². The summed E-state index contributed by atoms with van der Waals surface area (Å²) in [5.74, 6) is 0.863. The molecule has 1 amide bonds. The van der Waals surface area contributed by atoms with Gasteiger partial charge in [-0.1, -0.05) is 12.1 Å². The van der Waals surface area contributed by atoms with E-state index in [0.29, 0.717) is 12.4 Å². The van der Waals surface area contributed by atoms with E-state index in [1.54, 1.807) is 0 Å². The predicted octanol–water partition coefficient (Wildman–Crippen LogP) is -0.304. The molecular formula is C9H14N4O2. The molecule has 0 spiro atoms. The van der Waals surface area contributed by atoms with Crippen molar-refractivity contribution in [3.8, 4) is 0 Å². The van der Waals surface area contributed by atoms with Crippen molar-refractivity contribution in [2.24, 2.45) is 5.73 Å². The molecule has 6 nitrogen and oxygen atoms in total. The van der Waals surface area contributed by atoms with Gasteiger partial charge in [-0.25, -0.2) is 0 Å². The average Bonchev–Trinajstić information content (AvgIpc) is 2.76. The number of nitrogens with zero attached hydrogens (tertiary/aromatic N) is 2. The van der Waals surface area contributed by atoms with Crippen LogP contribution in [0.15, 0.2) is 4.52 Å². The van der Waals surface area contributed by atoms with Crippen LogP contribution in [-0.4, -0.2) is 22.6 Å². The van der Waals surface area contributed by atoms with Crippen molar-refractivity contribution >= 4 is 5.91 Å². The molecule has 0 unspecified atom stereocenters. The molecule has 1 heterocycles. The van der Waals surface area contributed by atoms with Gasteiger partial charge in [0.05, 0.1) is 13.1 Å². The standard InChI is InChI=1S/C9H14N4O2/c1-9(2-3-9)8-12-7(15-13-8)5-11-4-6(10)14/h11H,2-5H2,1H3,(H2,10,14). The lowest BCUT2D eigenvalue weighted by molar-refractivity contribution is -0.117. The number of rotatable bonds is 5. The van der Waals surface area contributed by atoms with Crippen molar-refractivity contribution in [3.05, 3.63) is 11.7 Å². The maximum absolute atomic E-state index is 10.5. The quantitative estimate of drug-likeness (QED) is 0.695. The fraction of sp³-hybridized carbons (Fsp3) is 0.667. The third-order valence-corrected chi connectivity index (χ3v) is 2.58. The van der Waals surface area contributed by atoms with Crippen molar-refractivity contribution in [3.63, 3.8) is 0 Å². The van der Waals surface area contributed by atoms with Crippen LogP contribution in [0.1, 0.15) is 31.5 Å². The van der Waals surface area contributed by atoms with E-state index in [1.165, 1.54) is 0 Å². The molecule has 0 aromatic carbocycles. The molecule has 2 rings (SSSR count). The van der Waals surface area contributed by atoms with E-state index in [1.807, 2.05) is 0 Å². The Hall–Kier alpha value is -1.43. The molecule has 1 aliphatic carbocycles. The Balaban J connectivity index is 1.87. The lowest BCUT2D eigenvalue weighted by Crippen LogP contribution is -2.28. The van der Waals surface area contributed by atoms with Gasteiger partial charge >= 0.3 is 0 Å². The highest BCUT2D eigenvalue weighted by molar-refractivity contribution is 5.75. The van der Waals surface area contributed by atoms with Gasteiger partial charge in [-0.2, -0.15) is 4.98 Å². The first-order chi connectivity index (χ1) is 7.10. The number of nitrogens with one attached hydrogen (secondary N) is 1. The van der Waals surface area contributed by atoms with Crippen LogP contribution in [0.3, 0.4) is 0 Å². The second kappa shape index (κ2) is 3.62. The smallest absolute Gasteiger partial charge is 0.240 e. The molecular weight excluding hydrogens is 196 g/mol. The van der Waals surface area contributed by atoms with Gasteiger partial charge in [-0.05, 0) is 12.8 Å². The lowest BCUT2D eigenvalue weighted by Gasteiger charge is -1.97. The van der Waals surface area contributed by atoms with Crippen molar-refractivity contribution in [1.29, 1.82) is 0 Å². The van der Waals surface area contributed by atoms with Crippen LogP contribution in [0.25, 0.3) is 0 Å². The van der Waals surface area contributed by atoms with Crippen molar-refractivity contribution < 1.29 is 9.32 Å². The van der Waals surface area contributed by atoms with Crippen LogP contribution >= 0.6 is 0 Å². The van der Waals surface area contributed by atoms with Gasteiger partial charge < -0.3 is 10.3 Å². The van der Waals surface area contributed by atoms with Crippen LogP contribution < -0.4 is 11.1 Å². The van der Waals surface area contributed by atoms with Crippen molar-refractivity contribution in [1.82, 2.24) is 15.5 Å². The molecule has 1 aromatic heterocycles. The minimum atomic E-state index is -0.399. The van der Waals surface area contributed by atoms with E-state index < -0.39 is 5.91 Å². The summed E-state index contributed by atoms with van der Waals surface area (Å²) in [5, 5.41) is 6.72. The van der Waals surface area contributed by atoms with Gasteiger partial charge in [-0.3, -0.25) is 10.1 Å². The second-order valence-electron chi connectivity index (χ2n) is 4.14. The fourth-order valence-electron chi connectivity index (χ4n) is 1.28. The highest BCUT2D eigenvalue weighted by atomic mass is 16.5. The molecule has 15 heavy (non-hydrogen) atoms. The third-order valence-electron chi connectivity index (χ3n) is 2.58. The zero-order valence-corrected chi connectivity index (χ0v) is 8.62. The molecule has 1 aromatic rings. The predicted molar refractivity (Wildman–Crippen MR) is 51.8 cm³/mol. The number of primary amides is 1. The number of hydrogen-bond donors (Lipinski definition) is 2. The molecule has 0 bridgehead atoms. The third kappa shape index (κ3) is 2.33. The number of aromatic nitrogens is 2. The summed E-state index contributed by atoms with van der Waals surface area (Å²) < 4.78 is 5.04. The topological polar surface area (TPSA) is 94.0 Å². The van der Waals surface area contributed by atoms with Gasteiger partial charge in [0.2, 0.25) is 11.8 Å².